The highest BCUT2D eigenvalue weighted by atomic mass is 32.2. The SMILES string of the molecule is N#Cc1cccc(NC(=O)CSc2ccccc2C(=O)Nc2ccccc2F)c1. The summed E-state index contributed by atoms with van der Waals surface area (Å²) in [7, 11) is 0. The van der Waals surface area contributed by atoms with Crippen molar-refractivity contribution in [2.24, 2.45) is 0 Å². The molecule has 0 fully saturated rings. The van der Waals surface area contributed by atoms with Crippen LogP contribution in [0.5, 0.6) is 0 Å². The van der Waals surface area contributed by atoms with Gasteiger partial charge in [-0.1, -0.05) is 30.3 Å². The Morgan fingerprint density at radius 2 is 1.72 bits per heavy atom. The first kappa shape index (κ1) is 20.1. The lowest BCUT2D eigenvalue weighted by atomic mass is 10.2. The van der Waals surface area contributed by atoms with Crippen LogP contribution in [0.2, 0.25) is 0 Å². The molecule has 0 radical (unpaired) electrons. The molecule has 0 saturated heterocycles. The molecular weight excluding hydrogens is 389 g/mol. The van der Waals surface area contributed by atoms with Crippen LogP contribution in [0.4, 0.5) is 15.8 Å². The van der Waals surface area contributed by atoms with Crippen LogP contribution in [-0.2, 0) is 4.79 Å². The van der Waals surface area contributed by atoms with Crippen molar-refractivity contribution in [1.82, 2.24) is 0 Å². The number of nitrogens with one attached hydrogen (secondary N) is 2. The number of rotatable bonds is 6. The van der Waals surface area contributed by atoms with Gasteiger partial charge in [0.15, 0.2) is 0 Å². The maximum Gasteiger partial charge on any atom is 0.256 e. The predicted molar refractivity (Wildman–Crippen MR) is 111 cm³/mol. The number of amides is 2. The third-order valence-electron chi connectivity index (χ3n) is 3.89. The molecule has 0 bridgehead atoms. The zero-order valence-corrected chi connectivity index (χ0v) is 16.0. The molecule has 0 aliphatic rings. The van der Waals surface area contributed by atoms with Gasteiger partial charge in [-0.3, -0.25) is 9.59 Å². The van der Waals surface area contributed by atoms with Crippen LogP contribution >= 0.6 is 11.8 Å². The molecule has 0 aliphatic heterocycles. The number of thioether (sulfide) groups is 1. The zero-order valence-electron chi connectivity index (χ0n) is 15.2. The topological polar surface area (TPSA) is 82.0 Å². The third kappa shape index (κ3) is 5.43. The standard InChI is InChI=1S/C22H16FN3O2S/c23-18-9-2-3-10-19(18)26-22(28)17-8-1-4-11-20(17)29-14-21(27)25-16-7-5-6-15(12-16)13-24/h1-12H,14H2,(H,25,27)(H,26,28). The van der Waals surface area contributed by atoms with Crippen molar-refractivity contribution in [1.29, 1.82) is 5.26 Å². The molecule has 0 aliphatic carbocycles. The maximum absolute atomic E-state index is 13.8. The minimum Gasteiger partial charge on any atom is -0.325 e. The molecule has 0 heterocycles. The quantitative estimate of drug-likeness (QED) is 0.584. The smallest absolute Gasteiger partial charge is 0.256 e. The van der Waals surface area contributed by atoms with Gasteiger partial charge in [0, 0.05) is 10.6 Å². The summed E-state index contributed by atoms with van der Waals surface area (Å²) in [6, 6.07) is 21.3. The number of anilines is 2. The number of carbonyl (C=O) groups is 2. The fourth-order valence-corrected chi connectivity index (χ4v) is 3.39. The minimum absolute atomic E-state index is 0.0702. The monoisotopic (exact) mass is 405 g/mol. The second-order valence-corrected chi connectivity index (χ2v) is 6.98. The molecule has 3 aromatic carbocycles. The third-order valence-corrected chi connectivity index (χ3v) is 4.96. The van der Waals surface area contributed by atoms with Crippen LogP contribution in [0.15, 0.2) is 77.7 Å². The lowest BCUT2D eigenvalue weighted by Crippen LogP contribution is -2.16. The van der Waals surface area contributed by atoms with Crippen LogP contribution in [-0.4, -0.2) is 17.6 Å². The van der Waals surface area contributed by atoms with Crippen molar-refractivity contribution >= 4 is 35.0 Å². The Bertz CT molecular complexity index is 1100. The van der Waals surface area contributed by atoms with Gasteiger partial charge in [0.2, 0.25) is 5.91 Å². The Morgan fingerprint density at radius 1 is 0.966 bits per heavy atom. The number of nitrogens with zero attached hydrogens (tertiary/aromatic N) is 1. The fourth-order valence-electron chi connectivity index (χ4n) is 2.54. The molecule has 144 valence electrons. The number of carbonyl (C=O) groups excluding carboxylic acids is 2. The highest BCUT2D eigenvalue weighted by Crippen LogP contribution is 2.24. The Kier molecular flexibility index (Phi) is 6.61. The Labute approximate surface area is 171 Å². The second-order valence-electron chi connectivity index (χ2n) is 5.96. The van der Waals surface area contributed by atoms with Gasteiger partial charge in [0.1, 0.15) is 5.82 Å². The molecular formula is C22H16FN3O2S. The zero-order chi connectivity index (χ0) is 20.6. The van der Waals surface area contributed by atoms with E-state index in [2.05, 4.69) is 10.6 Å². The summed E-state index contributed by atoms with van der Waals surface area (Å²) in [5, 5.41) is 14.2. The van der Waals surface area contributed by atoms with Gasteiger partial charge < -0.3 is 10.6 Å². The first-order chi connectivity index (χ1) is 14.1. The Balaban J connectivity index is 1.66. The van der Waals surface area contributed by atoms with E-state index in [0.717, 1.165) is 0 Å². The van der Waals surface area contributed by atoms with Crippen molar-refractivity contribution in [2.45, 2.75) is 4.90 Å². The summed E-state index contributed by atoms with van der Waals surface area (Å²) in [5.41, 5.74) is 1.42. The summed E-state index contributed by atoms with van der Waals surface area (Å²) < 4.78 is 13.8. The number of hydrogen-bond acceptors (Lipinski definition) is 4. The van der Waals surface area contributed by atoms with E-state index in [0.29, 0.717) is 21.7 Å². The summed E-state index contributed by atoms with van der Waals surface area (Å²) in [4.78, 5) is 25.4. The number of hydrogen-bond donors (Lipinski definition) is 2. The van der Waals surface area contributed by atoms with Gasteiger partial charge in [-0.05, 0) is 42.5 Å². The molecule has 0 spiro atoms. The molecule has 0 atom stereocenters. The molecule has 3 aromatic rings. The van der Waals surface area contributed by atoms with Gasteiger partial charge in [-0.15, -0.1) is 11.8 Å². The predicted octanol–water partition coefficient (Wildman–Crippen LogP) is 4.68. The van der Waals surface area contributed by atoms with Crippen molar-refractivity contribution in [2.75, 3.05) is 16.4 Å². The second kappa shape index (κ2) is 9.53. The largest absolute Gasteiger partial charge is 0.325 e. The van der Waals surface area contributed by atoms with E-state index < -0.39 is 11.7 Å². The molecule has 7 heteroatoms. The van der Waals surface area contributed by atoms with Gasteiger partial charge in [0.25, 0.3) is 5.91 Å². The van der Waals surface area contributed by atoms with Crippen LogP contribution in [0, 0.1) is 17.1 Å². The lowest BCUT2D eigenvalue weighted by molar-refractivity contribution is -0.113. The van der Waals surface area contributed by atoms with Crippen molar-refractivity contribution in [3.05, 3.63) is 89.7 Å². The highest BCUT2D eigenvalue weighted by Gasteiger charge is 2.14. The average Bonchev–Trinajstić information content (AvgIpc) is 2.74. The summed E-state index contributed by atoms with van der Waals surface area (Å²) in [6.45, 7) is 0. The molecule has 2 N–H and O–H groups in total. The van der Waals surface area contributed by atoms with Crippen molar-refractivity contribution in [3.8, 4) is 6.07 Å². The van der Waals surface area contributed by atoms with Crippen LogP contribution < -0.4 is 10.6 Å². The maximum atomic E-state index is 13.8. The lowest BCUT2D eigenvalue weighted by Gasteiger charge is -2.11. The minimum atomic E-state index is -0.523. The molecule has 0 unspecified atom stereocenters. The van der Waals surface area contributed by atoms with Crippen LogP contribution in [0.3, 0.4) is 0 Å². The molecule has 3 rings (SSSR count). The van der Waals surface area contributed by atoms with Crippen LogP contribution in [0.1, 0.15) is 15.9 Å². The number of nitriles is 1. The van der Waals surface area contributed by atoms with E-state index in [1.165, 1.54) is 23.9 Å². The first-order valence-electron chi connectivity index (χ1n) is 8.64. The number of para-hydroxylation sites is 1. The van der Waals surface area contributed by atoms with Gasteiger partial charge in [-0.25, -0.2) is 4.39 Å². The molecule has 0 saturated carbocycles. The molecule has 5 nitrogen and oxygen atoms in total. The summed E-state index contributed by atoms with van der Waals surface area (Å²) >= 11 is 1.20. The van der Waals surface area contributed by atoms with E-state index in [4.69, 9.17) is 5.26 Å². The summed E-state index contributed by atoms with van der Waals surface area (Å²) in [5.74, 6) is -1.18. The highest BCUT2D eigenvalue weighted by molar-refractivity contribution is 8.00. The van der Waals surface area contributed by atoms with Crippen molar-refractivity contribution in [3.63, 3.8) is 0 Å². The molecule has 2 amide bonds. The Morgan fingerprint density at radius 3 is 2.52 bits per heavy atom. The average molecular weight is 405 g/mol. The van der Waals surface area contributed by atoms with Crippen LogP contribution in [0.25, 0.3) is 0 Å². The number of halogens is 1. The van der Waals surface area contributed by atoms with E-state index >= 15 is 0 Å². The fraction of sp³-hybridized carbons (Fsp3) is 0.0455. The van der Waals surface area contributed by atoms with Gasteiger partial charge in [-0.2, -0.15) is 5.26 Å². The van der Waals surface area contributed by atoms with E-state index in [-0.39, 0.29) is 17.3 Å². The first-order valence-corrected chi connectivity index (χ1v) is 9.63. The van der Waals surface area contributed by atoms with E-state index in [1.807, 2.05) is 6.07 Å². The summed E-state index contributed by atoms with van der Waals surface area (Å²) in [6.07, 6.45) is 0. The number of benzene rings is 3. The van der Waals surface area contributed by atoms with Gasteiger partial charge >= 0.3 is 0 Å². The van der Waals surface area contributed by atoms with E-state index in [9.17, 15) is 14.0 Å². The molecule has 29 heavy (non-hydrogen) atoms. The van der Waals surface area contributed by atoms with E-state index in [1.54, 1.807) is 60.7 Å². The molecule has 0 aromatic heterocycles. The van der Waals surface area contributed by atoms with Gasteiger partial charge in [0.05, 0.1) is 28.6 Å². The Hall–Kier alpha value is -3.63. The van der Waals surface area contributed by atoms with Crippen molar-refractivity contribution < 1.29 is 14.0 Å². The normalized spacial score (nSPS) is 10.1.